The van der Waals surface area contributed by atoms with Crippen LogP contribution in [0.4, 0.5) is 5.82 Å². The number of nitrogen functional groups attached to an aromatic ring is 1. The lowest BCUT2D eigenvalue weighted by atomic mass is 9.92. The van der Waals surface area contributed by atoms with Crippen LogP contribution in [0.5, 0.6) is 11.5 Å². The first-order chi connectivity index (χ1) is 13.0. The maximum atomic E-state index is 9.67. The molecule has 0 aliphatic carbocycles. The molecule has 27 heavy (non-hydrogen) atoms. The van der Waals surface area contributed by atoms with E-state index in [9.17, 15) is 5.26 Å². The van der Waals surface area contributed by atoms with Crippen LogP contribution in [-0.4, -0.2) is 19.2 Å². The number of rotatable bonds is 4. The number of anilines is 1. The summed E-state index contributed by atoms with van der Waals surface area (Å²) in [5.41, 5.74) is 10.4. The second-order valence-corrected chi connectivity index (χ2v) is 6.35. The summed E-state index contributed by atoms with van der Waals surface area (Å²) in [6.45, 7) is 1.92. The fourth-order valence-electron chi connectivity index (χ4n) is 3.05. The number of ether oxygens (including phenoxy) is 2. The fourth-order valence-corrected chi connectivity index (χ4v) is 3.17. The molecule has 0 saturated carbocycles. The van der Waals surface area contributed by atoms with Crippen LogP contribution in [0.15, 0.2) is 42.5 Å². The number of nitriles is 1. The summed E-state index contributed by atoms with van der Waals surface area (Å²) in [5, 5.41) is 10.3. The monoisotopic (exact) mass is 379 g/mol. The molecule has 2 N–H and O–H groups in total. The standard InChI is InChI=1S/C21H18ClN3O2/c1-12-19(14-6-9-17(26-2)18(10-14)27-3)16(11-23)21(24)25-20(12)13-4-7-15(22)8-5-13/h4-10H,1-3H3,(H2,24,25). The summed E-state index contributed by atoms with van der Waals surface area (Å²) < 4.78 is 10.7. The Morgan fingerprint density at radius 1 is 1.00 bits per heavy atom. The van der Waals surface area contributed by atoms with Crippen molar-refractivity contribution in [3.05, 3.63) is 58.6 Å². The van der Waals surface area contributed by atoms with Crippen LogP contribution in [0.25, 0.3) is 22.4 Å². The average molecular weight is 380 g/mol. The quantitative estimate of drug-likeness (QED) is 0.700. The van der Waals surface area contributed by atoms with Crippen molar-refractivity contribution in [2.45, 2.75) is 6.92 Å². The van der Waals surface area contributed by atoms with Gasteiger partial charge in [0.2, 0.25) is 0 Å². The summed E-state index contributed by atoms with van der Waals surface area (Å²) >= 11 is 5.99. The summed E-state index contributed by atoms with van der Waals surface area (Å²) in [6.07, 6.45) is 0. The molecular weight excluding hydrogens is 362 g/mol. The molecule has 0 aliphatic rings. The van der Waals surface area contributed by atoms with Gasteiger partial charge in [0.05, 0.1) is 19.9 Å². The van der Waals surface area contributed by atoms with E-state index in [1.165, 1.54) is 0 Å². The van der Waals surface area contributed by atoms with Gasteiger partial charge in [0.1, 0.15) is 17.5 Å². The van der Waals surface area contributed by atoms with Crippen LogP contribution in [-0.2, 0) is 0 Å². The Hall–Kier alpha value is -3.23. The maximum absolute atomic E-state index is 9.67. The van der Waals surface area contributed by atoms with Gasteiger partial charge in [-0.1, -0.05) is 29.8 Å². The van der Waals surface area contributed by atoms with Crippen LogP contribution in [0, 0.1) is 18.3 Å². The van der Waals surface area contributed by atoms with Crippen LogP contribution in [0.2, 0.25) is 5.02 Å². The zero-order valence-corrected chi connectivity index (χ0v) is 16.0. The van der Waals surface area contributed by atoms with Gasteiger partial charge >= 0.3 is 0 Å². The van der Waals surface area contributed by atoms with Gasteiger partial charge in [-0.25, -0.2) is 4.98 Å². The average Bonchev–Trinajstić information content (AvgIpc) is 2.69. The van der Waals surface area contributed by atoms with E-state index in [2.05, 4.69) is 11.1 Å². The summed E-state index contributed by atoms with van der Waals surface area (Å²) in [6, 6.07) is 15.0. The molecule has 6 heteroatoms. The highest BCUT2D eigenvalue weighted by atomic mass is 35.5. The Kier molecular flexibility index (Phi) is 5.20. The molecular formula is C21H18ClN3O2. The molecule has 0 spiro atoms. The highest BCUT2D eigenvalue weighted by Crippen LogP contribution is 2.39. The SMILES string of the molecule is COc1ccc(-c2c(C)c(-c3ccc(Cl)cc3)nc(N)c2C#N)cc1OC. The Bertz CT molecular complexity index is 1040. The third-order valence-corrected chi connectivity index (χ3v) is 4.62. The Labute approximate surface area is 162 Å². The number of benzene rings is 2. The van der Waals surface area contributed by atoms with E-state index in [0.29, 0.717) is 27.8 Å². The minimum atomic E-state index is 0.179. The van der Waals surface area contributed by atoms with Crippen molar-refractivity contribution in [1.29, 1.82) is 5.26 Å². The Morgan fingerprint density at radius 2 is 1.63 bits per heavy atom. The lowest BCUT2D eigenvalue weighted by molar-refractivity contribution is 0.355. The van der Waals surface area contributed by atoms with E-state index in [1.807, 2.05) is 31.2 Å². The van der Waals surface area contributed by atoms with Gasteiger partial charge in [0.25, 0.3) is 0 Å². The lowest BCUT2D eigenvalue weighted by Gasteiger charge is -2.16. The molecule has 3 aromatic rings. The second-order valence-electron chi connectivity index (χ2n) is 5.91. The van der Waals surface area contributed by atoms with Gasteiger partial charge in [-0.2, -0.15) is 5.26 Å². The van der Waals surface area contributed by atoms with E-state index in [1.54, 1.807) is 32.4 Å². The summed E-state index contributed by atoms with van der Waals surface area (Å²) in [7, 11) is 3.15. The normalized spacial score (nSPS) is 10.3. The smallest absolute Gasteiger partial charge is 0.161 e. The molecule has 0 saturated heterocycles. The van der Waals surface area contributed by atoms with Crippen molar-refractivity contribution in [3.63, 3.8) is 0 Å². The van der Waals surface area contributed by atoms with Gasteiger partial charge in [0.15, 0.2) is 11.5 Å². The van der Waals surface area contributed by atoms with E-state index in [0.717, 1.165) is 22.3 Å². The number of methoxy groups -OCH3 is 2. The van der Waals surface area contributed by atoms with Crippen molar-refractivity contribution in [2.24, 2.45) is 0 Å². The molecule has 0 radical (unpaired) electrons. The molecule has 0 atom stereocenters. The molecule has 3 rings (SSSR count). The third-order valence-electron chi connectivity index (χ3n) is 4.37. The minimum Gasteiger partial charge on any atom is -0.493 e. The van der Waals surface area contributed by atoms with Crippen LogP contribution in [0.3, 0.4) is 0 Å². The number of nitrogens with zero attached hydrogens (tertiary/aromatic N) is 2. The number of aromatic nitrogens is 1. The van der Waals surface area contributed by atoms with E-state index in [4.69, 9.17) is 26.8 Å². The van der Waals surface area contributed by atoms with Crippen molar-refractivity contribution < 1.29 is 9.47 Å². The Balaban J connectivity index is 2.29. The first-order valence-corrected chi connectivity index (χ1v) is 8.56. The van der Waals surface area contributed by atoms with Crippen molar-refractivity contribution in [1.82, 2.24) is 4.98 Å². The first-order valence-electron chi connectivity index (χ1n) is 8.18. The molecule has 136 valence electrons. The van der Waals surface area contributed by atoms with E-state index < -0.39 is 0 Å². The zero-order valence-electron chi connectivity index (χ0n) is 15.2. The molecule has 0 amide bonds. The number of nitrogens with two attached hydrogens (primary N) is 1. The molecule has 1 aromatic heterocycles. The second kappa shape index (κ2) is 7.56. The fraction of sp³-hybridized carbons (Fsp3) is 0.143. The topological polar surface area (TPSA) is 81.2 Å². The molecule has 0 unspecified atom stereocenters. The highest BCUT2D eigenvalue weighted by molar-refractivity contribution is 6.30. The van der Waals surface area contributed by atoms with Crippen LogP contribution >= 0.6 is 11.6 Å². The molecule has 1 heterocycles. The van der Waals surface area contributed by atoms with Gasteiger partial charge in [-0.05, 0) is 42.3 Å². The van der Waals surface area contributed by atoms with Crippen molar-refractivity contribution >= 4 is 17.4 Å². The molecule has 5 nitrogen and oxygen atoms in total. The number of hydrogen-bond donors (Lipinski definition) is 1. The first kappa shape index (κ1) is 18.6. The third kappa shape index (κ3) is 3.40. The number of halogens is 1. The van der Waals surface area contributed by atoms with Gasteiger partial charge in [-0.3, -0.25) is 0 Å². The van der Waals surface area contributed by atoms with Gasteiger partial charge < -0.3 is 15.2 Å². The molecule has 0 aliphatic heterocycles. The highest BCUT2D eigenvalue weighted by Gasteiger charge is 2.19. The summed E-state index contributed by atoms with van der Waals surface area (Å²) in [5.74, 6) is 1.36. The van der Waals surface area contributed by atoms with E-state index in [-0.39, 0.29) is 5.82 Å². The molecule has 2 aromatic carbocycles. The maximum Gasteiger partial charge on any atom is 0.161 e. The van der Waals surface area contributed by atoms with Gasteiger partial charge in [0, 0.05) is 16.1 Å². The predicted molar refractivity (Wildman–Crippen MR) is 107 cm³/mol. The molecule has 0 bridgehead atoms. The molecule has 0 fully saturated rings. The number of pyridine rings is 1. The van der Waals surface area contributed by atoms with Crippen LogP contribution < -0.4 is 15.2 Å². The summed E-state index contributed by atoms with van der Waals surface area (Å²) in [4.78, 5) is 4.46. The van der Waals surface area contributed by atoms with Crippen molar-refractivity contribution in [3.8, 4) is 40.0 Å². The Morgan fingerprint density at radius 3 is 2.22 bits per heavy atom. The minimum absolute atomic E-state index is 0.179. The van der Waals surface area contributed by atoms with Gasteiger partial charge in [-0.15, -0.1) is 0 Å². The predicted octanol–water partition coefficient (Wildman–Crippen LogP) is 4.85. The van der Waals surface area contributed by atoms with Crippen molar-refractivity contribution in [2.75, 3.05) is 20.0 Å². The largest absolute Gasteiger partial charge is 0.493 e. The van der Waals surface area contributed by atoms with Crippen LogP contribution in [0.1, 0.15) is 11.1 Å². The number of hydrogen-bond acceptors (Lipinski definition) is 5. The zero-order chi connectivity index (χ0) is 19.6. The van der Waals surface area contributed by atoms with E-state index >= 15 is 0 Å². The lowest BCUT2D eigenvalue weighted by Crippen LogP contribution is -2.03.